The summed E-state index contributed by atoms with van der Waals surface area (Å²) in [5, 5.41) is 1.57. The van der Waals surface area contributed by atoms with Crippen LogP contribution >= 0.6 is 23.2 Å². The highest BCUT2D eigenvalue weighted by atomic mass is 35.5. The van der Waals surface area contributed by atoms with E-state index in [4.69, 9.17) is 23.2 Å². The number of benzene rings is 1. The van der Waals surface area contributed by atoms with Crippen molar-refractivity contribution in [3.8, 4) is 0 Å². The lowest BCUT2D eigenvalue weighted by Crippen LogP contribution is -2.04. The Labute approximate surface area is 72.2 Å². The number of rotatable bonds is 0. The van der Waals surface area contributed by atoms with Crippen molar-refractivity contribution in [3.05, 3.63) is 28.2 Å². The van der Waals surface area contributed by atoms with E-state index in [1.54, 1.807) is 0 Å². The summed E-state index contributed by atoms with van der Waals surface area (Å²) in [5.74, 6) is 0. The van der Waals surface area contributed by atoms with Gasteiger partial charge in [0.15, 0.2) is 0 Å². The largest absolute Gasteiger partial charge is 0.263 e. The molecule has 0 radical (unpaired) electrons. The summed E-state index contributed by atoms with van der Waals surface area (Å²) < 4.78 is 1.08. The van der Waals surface area contributed by atoms with Gasteiger partial charge >= 0.3 is 0 Å². The molecule has 0 unspecified atom stereocenters. The monoisotopic (exact) mass is 174 g/mol. The van der Waals surface area contributed by atoms with Gasteiger partial charge in [-0.15, -0.1) is 0 Å². The van der Waals surface area contributed by atoms with E-state index in [2.05, 4.69) is 0 Å². The van der Waals surface area contributed by atoms with Crippen LogP contribution in [0.15, 0.2) is 18.2 Å². The van der Waals surface area contributed by atoms with E-state index in [0.717, 1.165) is 30.8 Å². The first-order valence-electron chi connectivity index (χ1n) is 2.62. The van der Waals surface area contributed by atoms with Crippen molar-refractivity contribution >= 4 is 43.9 Å². The van der Waals surface area contributed by atoms with Gasteiger partial charge in [-0.2, -0.15) is 0 Å². The first-order chi connectivity index (χ1) is 4.22. The maximum atomic E-state index is 5.76. The number of halogens is 2. The fraction of sp³-hybridized carbons (Fsp3) is 0. The number of hydrogen-bond acceptors (Lipinski definition) is 0. The molecular formula is C6H5AlCl2. The van der Waals surface area contributed by atoms with Gasteiger partial charge < -0.3 is 0 Å². The molecule has 46 valence electrons. The SMILES string of the molecule is [AlH2][c]1c(Cl)cccc1Cl. The predicted molar refractivity (Wildman–Crippen MR) is 44.6 cm³/mol. The first-order valence-corrected chi connectivity index (χ1v) is 4.38. The number of hydrogen-bond donors (Lipinski definition) is 0. The van der Waals surface area contributed by atoms with Crippen LogP contribution in [-0.4, -0.2) is 16.3 Å². The predicted octanol–water partition coefficient (Wildman–Crippen LogP) is 1.25. The van der Waals surface area contributed by atoms with Crippen molar-refractivity contribution in [2.45, 2.75) is 0 Å². The van der Waals surface area contributed by atoms with Crippen LogP contribution in [0.2, 0.25) is 10.0 Å². The minimum absolute atomic E-state index is 0.786. The third-order valence-electron chi connectivity index (χ3n) is 1.20. The molecule has 1 aromatic carbocycles. The highest BCUT2D eigenvalue weighted by Crippen LogP contribution is 2.10. The van der Waals surface area contributed by atoms with Crippen LogP contribution in [0.3, 0.4) is 0 Å². The van der Waals surface area contributed by atoms with Crippen LogP contribution in [0.1, 0.15) is 0 Å². The van der Waals surface area contributed by atoms with Gasteiger partial charge in [-0.3, -0.25) is 0 Å². The molecule has 3 heteroatoms. The normalized spacial score (nSPS) is 9.56. The van der Waals surface area contributed by atoms with Crippen LogP contribution in [0.25, 0.3) is 0 Å². The molecule has 0 nitrogen and oxygen atoms in total. The van der Waals surface area contributed by atoms with Crippen molar-refractivity contribution in [1.82, 2.24) is 0 Å². The Balaban J connectivity index is 3.25. The molecule has 0 N–H and O–H groups in total. The van der Waals surface area contributed by atoms with Gasteiger partial charge in [0.05, 0.1) is 0 Å². The van der Waals surface area contributed by atoms with Gasteiger partial charge in [0.1, 0.15) is 0 Å². The van der Waals surface area contributed by atoms with E-state index in [9.17, 15) is 0 Å². The lowest BCUT2D eigenvalue weighted by atomic mass is 10.4. The quantitative estimate of drug-likeness (QED) is 0.520. The van der Waals surface area contributed by atoms with Crippen LogP contribution < -0.4 is 4.43 Å². The summed E-state index contributed by atoms with van der Waals surface area (Å²) in [4.78, 5) is 0. The van der Waals surface area contributed by atoms with Crippen molar-refractivity contribution < 1.29 is 0 Å². The van der Waals surface area contributed by atoms with Crippen LogP contribution in [0.4, 0.5) is 0 Å². The van der Waals surface area contributed by atoms with E-state index in [-0.39, 0.29) is 0 Å². The second kappa shape index (κ2) is 2.95. The zero-order chi connectivity index (χ0) is 6.85. The summed E-state index contributed by atoms with van der Waals surface area (Å²) >= 11 is 12.4. The van der Waals surface area contributed by atoms with Crippen molar-refractivity contribution in [2.75, 3.05) is 0 Å². The zero-order valence-electron chi connectivity index (χ0n) is 4.99. The molecule has 9 heavy (non-hydrogen) atoms. The summed E-state index contributed by atoms with van der Waals surface area (Å²) in [7, 11) is 0. The second-order valence-electron chi connectivity index (χ2n) is 1.85. The van der Waals surface area contributed by atoms with Crippen LogP contribution in [0, 0.1) is 0 Å². The van der Waals surface area contributed by atoms with E-state index >= 15 is 0 Å². The molecular weight excluding hydrogens is 170 g/mol. The molecule has 0 aliphatic rings. The van der Waals surface area contributed by atoms with E-state index < -0.39 is 0 Å². The highest BCUT2D eigenvalue weighted by Gasteiger charge is 1.95. The average molecular weight is 175 g/mol. The summed E-state index contributed by atoms with van der Waals surface area (Å²) in [6, 6.07) is 5.57. The summed E-state index contributed by atoms with van der Waals surface area (Å²) in [6.45, 7) is 0. The molecule has 0 saturated carbocycles. The van der Waals surface area contributed by atoms with Gasteiger partial charge in [-0.1, -0.05) is 33.7 Å². The summed E-state index contributed by atoms with van der Waals surface area (Å²) in [5.41, 5.74) is 0. The van der Waals surface area contributed by atoms with Gasteiger partial charge in [0, 0.05) is 10.0 Å². The molecule has 0 aliphatic heterocycles. The van der Waals surface area contributed by atoms with Gasteiger partial charge in [-0.25, -0.2) is 0 Å². The molecule has 0 saturated heterocycles. The maximum absolute atomic E-state index is 5.76. The minimum Gasteiger partial charge on any atom is -0.0856 e. The Kier molecular flexibility index (Phi) is 2.43. The zero-order valence-corrected chi connectivity index (χ0v) is 8.50. The first kappa shape index (κ1) is 7.44. The summed E-state index contributed by atoms with van der Waals surface area (Å²) in [6.07, 6.45) is 0. The third-order valence-corrected chi connectivity index (χ3v) is 3.73. The molecule has 0 aliphatic carbocycles. The lowest BCUT2D eigenvalue weighted by molar-refractivity contribution is 1.77. The molecule has 0 heterocycles. The molecule has 0 atom stereocenters. The molecule has 0 amide bonds. The van der Waals surface area contributed by atoms with Gasteiger partial charge in [0.2, 0.25) is 0 Å². The molecule has 0 aromatic heterocycles. The van der Waals surface area contributed by atoms with Crippen molar-refractivity contribution in [3.63, 3.8) is 0 Å². The van der Waals surface area contributed by atoms with Gasteiger partial charge in [0.25, 0.3) is 16.3 Å². The molecule has 1 rings (SSSR count). The van der Waals surface area contributed by atoms with E-state index in [0.29, 0.717) is 0 Å². The van der Waals surface area contributed by atoms with Gasteiger partial charge in [-0.05, 0) is 12.1 Å². The Morgan fingerprint density at radius 3 is 1.89 bits per heavy atom. The average Bonchev–Trinajstić information content (AvgIpc) is 1.83. The Hall–Kier alpha value is 0.332. The highest BCUT2D eigenvalue weighted by molar-refractivity contribution is 6.51. The Morgan fingerprint density at radius 2 is 1.56 bits per heavy atom. The second-order valence-corrected chi connectivity index (χ2v) is 3.66. The fourth-order valence-electron chi connectivity index (χ4n) is 0.581. The van der Waals surface area contributed by atoms with Crippen molar-refractivity contribution in [1.29, 1.82) is 0 Å². The lowest BCUT2D eigenvalue weighted by Gasteiger charge is -1.97. The third kappa shape index (κ3) is 1.63. The topological polar surface area (TPSA) is 0 Å². The Morgan fingerprint density at radius 1 is 1.11 bits per heavy atom. The smallest absolute Gasteiger partial charge is 0.0856 e. The van der Waals surface area contributed by atoms with E-state index in [1.165, 1.54) is 0 Å². The van der Waals surface area contributed by atoms with Crippen LogP contribution in [0.5, 0.6) is 0 Å². The molecule has 0 bridgehead atoms. The Bertz CT molecular complexity index is 202. The van der Waals surface area contributed by atoms with Crippen LogP contribution in [-0.2, 0) is 0 Å². The van der Waals surface area contributed by atoms with E-state index in [1.807, 2.05) is 18.2 Å². The standard InChI is InChI=1S/C6H3Cl2.Al.2H/c7-5-2-1-3-6(8)4-5;;;/h1-3H;;;. The maximum Gasteiger partial charge on any atom is 0.263 e. The molecule has 0 spiro atoms. The minimum atomic E-state index is 0.786. The fourth-order valence-corrected chi connectivity index (χ4v) is 1.31. The van der Waals surface area contributed by atoms with Crippen molar-refractivity contribution in [2.24, 2.45) is 0 Å². The molecule has 1 aromatic rings. The molecule has 0 fully saturated rings.